The molecule has 0 aliphatic heterocycles. The zero-order valence-corrected chi connectivity index (χ0v) is 17.8. The highest BCUT2D eigenvalue weighted by molar-refractivity contribution is 7.13. The topological polar surface area (TPSA) is 57.6 Å². The monoisotopic (exact) mass is 447 g/mol. The second-order valence-electron chi connectivity index (χ2n) is 7.35. The van der Waals surface area contributed by atoms with E-state index >= 15 is 0 Å². The number of carboxylic acids is 1. The van der Waals surface area contributed by atoms with E-state index in [1.54, 1.807) is 38.1 Å². The molecule has 0 bridgehead atoms. The summed E-state index contributed by atoms with van der Waals surface area (Å²) in [4.78, 5) is 26.5. The van der Waals surface area contributed by atoms with Crippen LogP contribution in [0.15, 0.2) is 53.9 Å². The largest absolute Gasteiger partial charge is 0.477 e. The Morgan fingerprint density at radius 2 is 1.71 bits per heavy atom. The number of nitrogens with zero attached hydrogens (tertiary/aromatic N) is 1. The summed E-state index contributed by atoms with van der Waals surface area (Å²) >= 11 is 0.879. The number of thiophene rings is 1. The number of aryl methyl sites for hydroxylation is 1. The molecule has 0 atom stereocenters. The minimum Gasteiger partial charge on any atom is -0.477 e. The fourth-order valence-corrected chi connectivity index (χ4v) is 4.14. The van der Waals surface area contributed by atoms with Crippen LogP contribution < -0.4 is 4.90 Å². The normalized spacial score (nSPS) is 11.6. The summed E-state index contributed by atoms with van der Waals surface area (Å²) in [5.74, 6) is -1.68. The predicted octanol–water partition coefficient (Wildman–Crippen LogP) is 6.50. The molecular formula is C23H20F3NO3S. The van der Waals surface area contributed by atoms with Crippen molar-refractivity contribution in [2.24, 2.45) is 0 Å². The van der Waals surface area contributed by atoms with Gasteiger partial charge in [0, 0.05) is 22.5 Å². The molecule has 31 heavy (non-hydrogen) atoms. The van der Waals surface area contributed by atoms with Crippen molar-refractivity contribution in [3.05, 3.63) is 75.5 Å². The molecule has 0 saturated heterocycles. The van der Waals surface area contributed by atoms with Crippen molar-refractivity contribution in [2.75, 3.05) is 4.90 Å². The van der Waals surface area contributed by atoms with Crippen molar-refractivity contribution in [3.63, 3.8) is 0 Å². The van der Waals surface area contributed by atoms with Crippen LogP contribution in [0.2, 0.25) is 0 Å². The first-order chi connectivity index (χ1) is 14.5. The lowest BCUT2D eigenvalue weighted by Gasteiger charge is -2.28. The third-order valence-electron chi connectivity index (χ3n) is 4.73. The molecule has 0 spiro atoms. The van der Waals surface area contributed by atoms with Gasteiger partial charge in [0.1, 0.15) is 4.88 Å². The highest BCUT2D eigenvalue weighted by Gasteiger charge is 2.33. The quantitative estimate of drug-likeness (QED) is 0.486. The third kappa shape index (κ3) is 4.64. The molecule has 3 aromatic rings. The lowest BCUT2D eigenvalue weighted by molar-refractivity contribution is -0.137. The Balaban J connectivity index is 2.21. The number of hydrogen-bond donors (Lipinski definition) is 1. The smallest absolute Gasteiger partial charge is 0.416 e. The number of amides is 1. The van der Waals surface area contributed by atoms with Crippen molar-refractivity contribution in [2.45, 2.75) is 33.0 Å². The standard InChI is InChI=1S/C23H20F3NO3S/c1-13(2)27(21(28)15-9-7-14(3)8-10-15)19-18(12-31-20(19)22(29)30)16-5-4-6-17(11-16)23(24,25)26/h4-13H,1-3H3,(H,29,30). The fourth-order valence-electron chi connectivity index (χ4n) is 3.24. The molecule has 1 aromatic heterocycles. The Hall–Kier alpha value is -3.13. The van der Waals surface area contributed by atoms with Gasteiger partial charge in [-0.05, 0) is 50.6 Å². The van der Waals surface area contributed by atoms with Crippen molar-refractivity contribution >= 4 is 28.9 Å². The summed E-state index contributed by atoms with van der Waals surface area (Å²) in [5.41, 5.74) is 1.02. The van der Waals surface area contributed by atoms with Gasteiger partial charge in [-0.1, -0.05) is 29.8 Å². The van der Waals surface area contributed by atoms with Crippen molar-refractivity contribution in [3.8, 4) is 11.1 Å². The van der Waals surface area contributed by atoms with Crippen LogP contribution in [-0.4, -0.2) is 23.0 Å². The number of carbonyl (C=O) groups excluding carboxylic acids is 1. The van der Waals surface area contributed by atoms with Crippen LogP contribution in [0, 0.1) is 6.92 Å². The first-order valence-corrected chi connectivity index (χ1v) is 10.3. The van der Waals surface area contributed by atoms with E-state index in [9.17, 15) is 27.9 Å². The highest BCUT2D eigenvalue weighted by Crippen LogP contribution is 2.42. The third-order valence-corrected chi connectivity index (χ3v) is 5.69. The fraction of sp³-hybridized carbons (Fsp3) is 0.217. The molecule has 162 valence electrons. The number of carboxylic acid groups (broad SMARTS) is 1. The minimum atomic E-state index is -4.54. The van der Waals surface area contributed by atoms with Crippen LogP contribution in [0.1, 0.15) is 45.0 Å². The minimum absolute atomic E-state index is 0.0948. The van der Waals surface area contributed by atoms with E-state index in [-0.39, 0.29) is 21.7 Å². The van der Waals surface area contributed by atoms with Gasteiger partial charge in [-0.3, -0.25) is 4.79 Å². The second kappa shape index (κ2) is 8.55. The van der Waals surface area contributed by atoms with E-state index in [1.165, 1.54) is 22.4 Å². The Labute approximate surface area is 181 Å². The first kappa shape index (κ1) is 22.6. The molecule has 0 aliphatic rings. The lowest BCUT2D eigenvalue weighted by Crippen LogP contribution is -2.38. The van der Waals surface area contributed by atoms with Crippen LogP contribution >= 0.6 is 11.3 Å². The van der Waals surface area contributed by atoms with Crippen molar-refractivity contribution in [1.82, 2.24) is 0 Å². The summed E-state index contributed by atoms with van der Waals surface area (Å²) in [7, 11) is 0. The van der Waals surface area contributed by atoms with Gasteiger partial charge < -0.3 is 10.0 Å². The van der Waals surface area contributed by atoms with Gasteiger partial charge in [0.25, 0.3) is 5.91 Å². The van der Waals surface area contributed by atoms with Gasteiger partial charge in [-0.15, -0.1) is 11.3 Å². The summed E-state index contributed by atoms with van der Waals surface area (Å²) in [6.45, 7) is 5.33. The Morgan fingerprint density at radius 3 is 2.26 bits per heavy atom. The Bertz CT molecular complexity index is 1120. The second-order valence-corrected chi connectivity index (χ2v) is 8.23. The van der Waals surface area contributed by atoms with Crippen LogP contribution in [0.5, 0.6) is 0 Å². The maximum atomic E-state index is 13.3. The summed E-state index contributed by atoms with van der Waals surface area (Å²) in [6, 6.07) is 11.0. The number of aromatic carboxylic acids is 1. The molecule has 8 heteroatoms. The molecule has 0 radical (unpaired) electrons. The number of anilines is 1. The Kier molecular flexibility index (Phi) is 6.22. The molecule has 2 aromatic carbocycles. The van der Waals surface area contributed by atoms with Crippen LogP contribution in [-0.2, 0) is 6.18 Å². The molecule has 1 N–H and O–H groups in total. The number of halogens is 3. The number of alkyl halides is 3. The zero-order chi connectivity index (χ0) is 22.9. The zero-order valence-electron chi connectivity index (χ0n) is 17.0. The van der Waals surface area contributed by atoms with E-state index in [1.807, 2.05) is 6.92 Å². The average Bonchev–Trinajstić information content (AvgIpc) is 3.12. The molecule has 4 nitrogen and oxygen atoms in total. The van der Waals surface area contributed by atoms with Crippen LogP contribution in [0.25, 0.3) is 11.1 Å². The lowest BCUT2D eigenvalue weighted by atomic mass is 10.0. The molecular weight excluding hydrogens is 427 g/mol. The maximum absolute atomic E-state index is 13.3. The van der Waals surface area contributed by atoms with Gasteiger partial charge in [-0.2, -0.15) is 13.2 Å². The van der Waals surface area contributed by atoms with Gasteiger partial charge in [0.05, 0.1) is 11.3 Å². The van der Waals surface area contributed by atoms with Gasteiger partial charge in [-0.25, -0.2) is 4.79 Å². The number of benzene rings is 2. The van der Waals surface area contributed by atoms with Gasteiger partial charge >= 0.3 is 12.1 Å². The molecule has 3 rings (SSSR count). The average molecular weight is 447 g/mol. The van der Waals surface area contributed by atoms with E-state index in [0.717, 1.165) is 29.0 Å². The number of hydrogen-bond acceptors (Lipinski definition) is 3. The van der Waals surface area contributed by atoms with E-state index in [2.05, 4.69) is 0 Å². The summed E-state index contributed by atoms with van der Waals surface area (Å²) < 4.78 is 39.7. The molecule has 0 unspecified atom stereocenters. The van der Waals surface area contributed by atoms with Crippen molar-refractivity contribution in [1.29, 1.82) is 0 Å². The van der Waals surface area contributed by atoms with E-state index in [4.69, 9.17) is 0 Å². The van der Waals surface area contributed by atoms with E-state index in [0.29, 0.717) is 5.56 Å². The van der Waals surface area contributed by atoms with Gasteiger partial charge in [0.15, 0.2) is 0 Å². The number of rotatable bonds is 5. The van der Waals surface area contributed by atoms with Crippen LogP contribution in [0.3, 0.4) is 0 Å². The Morgan fingerprint density at radius 1 is 1.06 bits per heavy atom. The molecule has 0 aliphatic carbocycles. The predicted molar refractivity (Wildman–Crippen MR) is 115 cm³/mol. The highest BCUT2D eigenvalue weighted by atomic mass is 32.1. The van der Waals surface area contributed by atoms with Gasteiger partial charge in [0.2, 0.25) is 0 Å². The number of carbonyl (C=O) groups is 2. The van der Waals surface area contributed by atoms with E-state index < -0.39 is 29.7 Å². The maximum Gasteiger partial charge on any atom is 0.416 e. The molecule has 0 fully saturated rings. The van der Waals surface area contributed by atoms with Crippen LogP contribution in [0.4, 0.5) is 18.9 Å². The summed E-state index contributed by atoms with van der Waals surface area (Å²) in [6.07, 6.45) is -4.54. The SMILES string of the molecule is Cc1ccc(C(=O)N(c2c(-c3cccc(C(F)(F)F)c3)csc2C(=O)O)C(C)C)cc1. The molecule has 0 saturated carbocycles. The first-order valence-electron chi connectivity index (χ1n) is 9.43. The summed E-state index contributed by atoms with van der Waals surface area (Å²) in [5, 5.41) is 11.2. The molecule has 1 heterocycles. The molecule has 1 amide bonds. The van der Waals surface area contributed by atoms with Crippen molar-refractivity contribution < 1.29 is 27.9 Å².